The molecular weight excluding hydrogens is 336 g/mol. The van der Waals surface area contributed by atoms with Crippen LogP contribution in [0.25, 0.3) is 22.4 Å². The third-order valence-electron chi connectivity index (χ3n) is 5.45. The van der Waals surface area contributed by atoms with Crippen LogP contribution in [0.1, 0.15) is 40.8 Å². The first-order valence-corrected chi connectivity index (χ1v) is 9.27. The van der Waals surface area contributed by atoms with E-state index in [1.165, 1.54) is 5.56 Å². The van der Waals surface area contributed by atoms with Gasteiger partial charge in [-0.3, -0.25) is 14.3 Å². The molecule has 0 spiro atoms. The Balaban J connectivity index is 1.49. The number of nitrogens with zero attached hydrogens (tertiary/aromatic N) is 6. The van der Waals surface area contributed by atoms with Crippen molar-refractivity contribution in [3.63, 3.8) is 0 Å². The van der Waals surface area contributed by atoms with E-state index in [2.05, 4.69) is 41.4 Å². The minimum absolute atomic E-state index is 0.473. The Morgan fingerprint density at radius 1 is 1.04 bits per heavy atom. The first-order chi connectivity index (χ1) is 13.0. The SMILES string of the molecule is Cc1cc(C)c2nc(-c3cc(C4CC4c4cnn(C)c4)nn3C)ccc2n1. The Kier molecular flexibility index (Phi) is 3.44. The maximum absolute atomic E-state index is 4.88. The van der Waals surface area contributed by atoms with Crippen molar-refractivity contribution in [3.8, 4) is 11.4 Å². The number of rotatable bonds is 3. The smallest absolute Gasteiger partial charge is 0.0924 e. The maximum atomic E-state index is 4.88. The molecule has 1 aliphatic rings. The second kappa shape index (κ2) is 5.74. The Morgan fingerprint density at radius 3 is 2.67 bits per heavy atom. The van der Waals surface area contributed by atoms with Gasteiger partial charge in [0.2, 0.25) is 0 Å². The molecule has 6 heteroatoms. The van der Waals surface area contributed by atoms with Crippen molar-refractivity contribution in [2.24, 2.45) is 14.1 Å². The highest BCUT2D eigenvalue weighted by atomic mass is 15.3. The average Bonchev–Trinajstić information content (AvgIpc) is 3.16. The van der Waals surface area contributed by atoms with E-state index in [4.69, 9.17) is 10.1 Å². The lowest BCUT2D eigenvalue weighted by molar-refractivity contribution is 0.745. The number of hydrogen-bond acceptors (Lipinski definition) is 4. The molecule has 0 bridgehead atoms. The molecule has 27 heavy (non-hydrogen) atoms. The molecule has 1 aliphatic carbocycles. The fourth-order valence-electron chi connectivity index (χ4n) is 4.01. The largest absolute Gasteiger partial charge is 0.276 e. The van der Waals surface area contributed by atoms with Crippen LogP contribution < -0.4 is 0 Å². The molecule has 0 aromatic carbocycles. The minimum atomic E-state index is 0.473. The van der Waals surface area contributed by atoms with Crippen LogP contribution in [0.4, 0.5) is 0 Å². The van der Waals surface area contributed by atoms with E-state index in [0.717, 1.165) is 45.8 Å². The Labute approximate surface area is 157 Å². The molecule has 4 heterocycles. The van der Waals surface area contributed by atoms with Gasteiger partial charge in [0.05, 0.1) is 34.3 Å². The van der Waals surface area contributed by atoms with Crippen LogP contribution >= 0.6 is 0 Å². The fourth-order valence-corrected chi connectivity index (χ4v) is 4.01. The molecule has 4 aromatic rings. The predicted molar refractivity (Wildman–Crippen MR) is 105 cm³/mol. The van der Waals surface area contributed by atoms with E-state index in [-0.39, 0.29) is 0 Å². The molecule has 0 radical (unpaired) electrons. The van der Waals surface area contributed by atoms with E-state index >= 15 is 0 Å². The lowest BCUT2D eigenvalue weighted by Crippen LogP contribution is -1.97. The number of aryl methyl sites for hydroxylation is 4. The van der Waals surface area contributed by atoms with Crippen molar-refractivity contribution in [2.45, 2.75) is 32.1 Å². The van der Waals surface area contributed by atoms with Gasteiger partial charge in [0, 0.05) is 31.9 Å². The van der Waals surface area contributed by atoms with Crippen molar-refractivity contribution in [1.29, 1.82) is 0 Å². The Hall–Kier alpha value is -3.02. The number of pyridine rings is 2. The van der Waals surface area contributed by atoms with Gasteiger partial charge < -0.3 is 0 Å². The first kappa shape index (κ1) is 16.2. The highest BCUT2D eigenvalue weighted by Crippen LogP contribution is 2.54. The van der Waals surface area contributed by atoms with Crippen LogP contribution in [0.15, 0.2) is 36.7 Å². The molecular formula is C21H22N6. The third-order valence-corrected chi connectivity index (χ3v) is 5.45. The van der Waals surface area contributed by atoms with Gasteiger partial charge in [-0.2, -0.15) is 10.2 Å². The standard InChI is InChI=1S/C21H22N6/c1-12-7-13(2)23-18-6-5-17(24-21(12)18)20-9-19(25-27(20)4)16-8-15(16)14-10-22-26(3)11-14/h5-7,9-11,15-16H,8H2,1-4H3. The van der Waals surface area contributed by atoms with Crippen molar-refractivity contribution in [1.82, 2.24) is 29.5 Å². The van der Waals surface area contributed by atoms with Gasteiger partial charge in [-0.05, 0) is 61.6 Å². The van der Waals surface area contributed by atoms with Gasteiger partial charge in [0.15, 0.2) is 0 Å². The van der Waals surface area contributed by atoms with Crippen molar-refractivity contribution < 1.29 is 0 Å². The summed E-state index contributed by atoms with van der Waals surface area (Å²) in [6.45, 7) is 4.10. The van der Waals surface area contributed by atoms with E-state index in [1.54, 1.807) is 0 Å². The van der Waals surface area contributed by atoms with Crippen LogP contribution in [-0.2, 0) is 14.1 Å². The summed E-state index contributed by atoms with van der Waals surface area (Å²) in [5, 5.41) is 9.08. The molecule has 0 aliphatic heterocycles. The topological polar surface area (TPSA) is 61.4 Å². The summed E-state index contributed by atoms with van der Waals surface area (Å²) in [7, 11) is 3.95. The quantitative estimate of drug-likeness (QED) is 0.561. The molecule has 0 amide bonds. The number of aromatic nitrogens is 6. The highest BCUT2D eigenvalue weighted by Gasteiger charge is 2.42. The lowest BCUT2D eigenvalue weighted by Gasteiger charge is -2.06. The van der Waals surface area contributed by atoms with Gasteiger partial charge in [0.1, 0.15) is 0 Å². The molecule has 5 rings (SSSR count). The van der Waals surface area contributed by atoms with Crippen LogP contribution in [0.5, 0.6) is 0 Å². The molecule has 2 atom stereocenters. The third kappa shape index (κ3) is 2.72. The van der Waals surface area contributed by atoms with Crippen molar-refractivity contribution in [2.75, 3.05) is 0 Å². The van der Waals surface area contributed by atoms with Crippen LogP contribution in [0.2, 0.25) is 0 Å². The normalized spacial score (nSPS) is 19.0. The van der Waals surface area contributed by atoms with E-state index < -0.39 is 0 Å². The molecule has 6 nitrogen and oxygen atoms in total. The minimum Gasteiger partial charge on any atom is -0.276 e. The Morgan fingerprint density at radius 2 is 1.89 bits per heavy atom. The summed E-state index contributed by atoms with van der Waals surface area (Å²) in [6, 6.07) is 8.36. The molecule has 2 unspecified atom stereocenters. The number of hydrogen-bond donors (Lipinski definition) is 0. The van der Waals surface area contributed by atoms with Crippen molar-refractivity contribution in [3.05, 3.63) is 59.2 Å². The maximum Gasteiger partial charge on any atom is 0.0924 e. The molecule has 1 saturated carbocycles. The average molecular weight is 358 g/mol. The van der Waals surface area contributed by atoms with E-state index in [1.807, 2.05) is 42.6 Å². The Bertz CT molecular complexity index is 1170. The van der Waals surface area contributed by atoms with Crippen molar-refractivity contribution >= 4 is 11.0 Å². The van der Waals surface area contributed by atoms with Gasteiger partial charge >= 0.3 is 0 Å². The summed E-state index contributed by atoms with van der Waals surface area (Å²) in [5.41, 5.74) is 8.50. The van der Waals surface area contributed by atoms with Gasteiger partial charge in [0.25, 0.3) is 0 Å². The summed E-state index contributed by atoms with van der Waals surface area (Å²) in [5.74, 6) is 1.00. The zero-order valence-corrected chi connectivity index (χ0v) is 16.0. The van der Waals surface area contributed by atoms with E-state index in [0.29, 0.717) is 11.8 Å². The predicted octanol–water partition coefficient (Wildman–Crippen LogP) is 3.65. The monoisotopic (exact) mass is 358 g/mol. The van der Waals surface area contributed by atoms with Crippen LogP contribution in [-0.4, -0.2) is 29.5 Å². The second-order valence-electron chi connectivity index (χ2n) is 7.62. The van der Waals surface area contributed by atoms with Crippen LogP contribution in [0.3, 0.4) is 0 Å². The highest BCUT2D eigenvalue weighted by molar-refractivity contribution is 5.80. The lowest BCUT2D eigenvalue weighted by atomic mass is 10.1. The zero-order chi connectivity index (χ0) is 18.7. The molecule has 0 N–H and O–H groups in total. The van der Waals surface area contributed by atoms with Gasteiger partial charge in [-0.15, -0.1) is 0 Å². The summed E-state index contributed by atoms with van der Waals surface area (Å²) in [4.78, 5) is 9.47. The summed E-state index contributed by atoms with van der Waals surface area (Å²) < 4.78 is 3.81. The van der Waals surface area contributed by atoms with E-state index in [9.17, 15) is 0 Å². The first-order valence-electron chi connectivity index (χ1n) is 9.27. The second-order valence-corrected chi connectivity index (χ2v) is 7.62. The molecule has 0 saturated heterocycles. The fraction of sp³-hybridized carbons (Fsp3) is 0.333. The molecule has 4 aromatic heterocycles. The molecule has 1 fully saturated rings. The van der Waals surface area contributed by atoms with Gasteiger partial charge in [-0.25, -0.2) is 4.98 Å². The van der Waals surface area contributed by atoms with Gasteiger partial charge in [-0.1, -0.05) is 0 Å². The summed E-state index contributed by atoms with van der Waals surface area (Å²) in [6.07, 6.45) is 5.21. The number of fused-ring (bicyclic) bond motifs is 1. The zero-order valence-electron chi connectivity index (χ0n) is 16.0. The van der Waals surface area contributed by atoms with Crippen LogP contribution in [0, 0.1) is 13.8 Å². The summed E-state index contributed by atoms with van der Waals surface area (Å²) >= 11 is 0. The molecule has 136 valence electrons.